The van der Waals surface area contributed by atoms with Crippen molar-refractivity contribution in [2.24, 2.45) is 0 Å². The lowest BCUT2D eigenvalue weighted by Gasteiger charge is -2.07. The Kier molecular flexibility index (Phi) is 4.58. The lowest BCUT2D eigenvalue weighted by atomic mass is 10.2. The zero-order chi connectivity index (χ0) is 19.6. The van der Waals surface area contributed by atoms with Gasteiger partial charge < -0.3 is 5.11 Å². The van der Waals surface area contributed by atoms with E-state index in [1.165, 1.54) is 42.7 Å². The summed E-state index contributed by atoms with van der Waals surface area (Å²) in [4.78, 5) is 13.1. The quantitative estimate of drug-likeness (QED) is 0.571. The summed E-state index contributed by atoms with van der Waals surface area (Å²) >= 11 is 0. The fraction of sp³-hybridized carbons (Fsp3) is 0. The third kappa shape index (κ3) is 3.47. The van der Waals surface area contributed by atoms with E-state index in [0.717, 1.165) is 5.56 Å². The summed E-state index contributed by atoms with van der Waals surface area (Å²) < 4.78 is 25.4. The van der Waals surface area contributed by atoms with Crippen LogP contribution in [0.4, 0.5) is 0 Å². The molecular weight excluding hydrogens is 374 g/mol. The van der Waals surface area contributed by atoms with Crippen molar-refractivity contribution in [1.82, 2.24) is 15.0 Å². The van der Waals surface area contributed by atoms with Crippen molar-refractivity contribution >= 4 is 9.84 Å². The van der Waals surface area contributed by atoms with Gasteiger partial charge in [0.1, 0.15) is 12.1 Å². The van der Waals surface area contributed by atoms with E-state index in [1.807, 2.05) is 30.3 Å². The maximum Gasteiger partial charge on any atom is 0.206 e. The third-order valence-electron chi connectivity index (χ3n) is 4.17. The molecule has 0 spiro atoms. The van der Waals surface area contributed by atoms with Gasteiger partial charge in [0.2, 0.25) is 9.84 Å². The smallest absolute Gasteiger partial charge is 0.206 e. The molecule has 0 amide bonds. The second-order valence-corrected chi connectivity index (χ2v) is 7.97. The minimum Gasteiger partial charge on any atom is -0.508 e. The minimum absolute atomic E-state index is 0.0124. The summed E-state index contributed by atoms with van der Waals surface area (Å²) in [5.74, 6) is 1.02. The van der Waals surface area contributed by atoms with Crippen molar-refractivity contribution in [3.63, 3.8) is 0 Å². The van der Waals surface area contributed by atoms with Crippen LogP contribution in [0.15, 0.2) is 95.0 Å². The van der Waals surface area contributed by atoms with Crippen molar-refractivity contribution in [3.05, 3.63) is 85.2 Å². The number of phenols is 1. The molecule has 138 valence electrons. The van der Waals surface area contributed by atoms with E-state index >= 15 is 0 Å². The minimum atomic E-state index is -3.67. The van der Waals surface area contributed by atoms with E-state index in [-0.39, 0.29) is 15.5 Å². The Hall–Kier alpha value is -3.58. The van der Waals surface area contributed by atoms with Gasteiger partial charge in [0.15, 0.2) is 11.6 Å². The van der Waals surface area contributed by atoms with Gasteiger partial charge in [-0.05, 0) is 48.5 Å². The number of hydrogen-bond acceptors (Lipinski definition) is 6. The van der Waals surface area contributed by atoms with Crippen LogP contribution in [0.3, 0.4) is 0 Å². The molecule has 0 bridgehead atoms. The summed E-state index contributed by atoms with van der Waals surface area (Å²) in [7, 11) is -3.67. The SMILES string of the molecule is O=S(=O)(c1ccc(O)cc1)c1ccc(-c2ncnc(-c3ccccc3)n2)cc1. The number of nitrogens with zero attached hydrogens (tertiary/aromatic N) is 3. The van der Waals surface area contributed by atoms with Crippen LogP contribution in [-0.2, 0) is 9.84 Å². The monoisotopic (exact) mass is 389 g/mol. The van der Waals surface area contributed by atoms with Crippen LogP contribution < -0.4 is 0 Å². The van der Waals surface area contributed by atoms with Gasteiger partial charge in [-0.25, -0.2) is 23.4 Å². The van der Waals surface area contributed by atoms with Gasteiger partial charge in [-0.2, -0.15) is 0 Å². The van der Waals surface area contributed by atoms with Gasteiger partial charge in [0.25, 0.3) is 0 Å². The summed E-state index contributed by atoms with van der Waals surface area (Å²) in [5, 5.41) is 9.35. The molecule has 0 saturated carbocycles. The average molecular weight is 389 g/mol. The van der Waals surface area contributed by atoms with Crippen LogP contribution in [0.5, 0.6) is 5.75 Å². The maximum absolute atomic E-state index is 12.7. The van der Waals surface area contributed by atoms with E-state index in [1.54, 1.807) is 12.1 Å². The summed E-state index contributed by atoms with van der Waals surface area (Å²) in [5.41, 5.74) is 1.56. The number of rotatable bonds is 4. The maximum atomic E-state index is 12.7. The topological polar surface area (TPSA) is 93.0 Å². The van der Waals surface area contributed by atoms with E-state index in [2.05, 4.69) is 15.0 Å². The molecule has 0 atom stereocenters. The summed E-state index contributed by atoms with van der Waals surface area (Å²) in [6, 6.07) is 21.3. The normalized spacial score (nSPS) is 11.3. The molecule has 0 radical (unpaired) electrons. The first kappa shape index (κ1) is 17.8. The molecule has 28 heavy (non-hydrogen) atoms. The van der Waals surface area contributed by atoms with Crippen molar-refractivity contribution in [2.45, 2.75) is 9.79 Å². The Labute approximate surface area is 162 Å². The predicted octanol–water partition coefficient (Wildman–Crippen LogP) is 3.74. The largest absolute Gasteiger partial charge is 0.508 e. The number of sulfone groups is 1. The molecule has 1 heterocycles. The molecule has 0 fully saturated rings. The lowest BCUT2D eigenvalue weighted by Crippen LogP contribution is -2.02. The molecule has 0 saturated heterocycles. The Balaban J connectivity index is 1.66. The molecule has 0 aliphatic carbocycles. The zero-order valence-corrected chi connectivity index (χ0v) is 15.4. The molecule has 0 aliphatic rings. The van der Waals surface area contributed by atoms with Crippen LogP contribution >= 0.6 is 0 Å². The summed E-state index contributed by atoms with van der Waals surface area (Å²) in [6.45, 7) is 0. The molecule has 1 aromatic heterocycles. The van der Waals surface area contributed by atoms with Gasteiger partial charge >= 0.3 is 0 Å². The summed E-state index contributed by atoms with van der Waals surface area (Å²) in [6.07, 6.45) is 1.44. The van der Waals surface area contributed by atoms with Crippen molar-refractivity contribution < 1.29 is 13.5 Å². The molecule has 6 nitrogen and oxygen atoms in total. The second-order valence-electron chi connectivity index (χ2n) is 6.02. The second kappa shape index (κ2) is 7.21. The standard InChI is InChI=1S/C21H15N3O3S/c25-17-8-12-19(13-9-17)28(26,27)18-10-6-16(7-11-18)21-23-14-22-20(24-21)15-4-2-1-3-5-15/h1-14,25H. The van der Waals surface area contributed by atoms with Crippen molar-refractivity contribution in [3.8, 4) is 28.5 Å². The fourth-order valence-corrected chi connectivity index (χ4v) is 3.97. The van der Waals surface area contributed by atoms with Crippen molar-refractivity contribution in [2.75, 3.05) is 0 Å². The van der Waals surface area contributed by atoms with Crippen LogP contribution in [0, 0.1) is 0 Å². The molecule has 0 aliphatic heterocycles. The van der Waals surface area contributed by atoms with Crippen LogP contribution in [0.25, 0.3) is 22.8 Å². The number of hydrogen-bond donors (Lipinski definition) is 1. The van der Waals surface area contributed by atoms with Crippen LogP contribution in [-0.4, -0.2) is 28.5 Å². The number of aromatic hydroxyl groups is 1. The number of benzene rings is 3. The van der Waals surface area contributed by atoms with Crippen molar-refractivity contribution in [1.29, 1.82) is 0 Å². The predicted molar refractivity (Wildman–Crippen MR) is 104 cm³/mol. The average Bonchev–Trinajstić information content (AvgIpc) is 2.75. The number of aromatic nitrogens is 3. The van der Waals surface area contributed by atoms with Crippen LogP contribution in [0.2, 0.25) is 0 Å². The van der Waals surface area contributed by atoms with Crippen LogP contribution in [0.1, 0.15) is 0 Å². The fourth-order valence-electron chi connectivity index (χ4n) is 2.71. The first-order valence-corrected chi connectivity index (χ1v) is 9.91. The molecule has 7 heteroatoms. The van der Waals surface area contributed by atoms with Gasteiger partial charge in [0, 0.05) is 11.1 Å². The number of phenolic OH excluding ortho intramolecular Hbond substituents is 1. The van der Waals surface area contributed by atoms with E-state index in [4.69, 9.17) is 0 Å². The Bertz CT molecular complexity index is 1210. The van der Waals surface area contributed by atoms with E-state index in [9.17, 15) is 13.5 Å². The molecule has 4 aromatic rings. The Morgan fingerprint density at radius 2 is 1.14 bits per heavy atom. The lowest BCUT2D eigenvalue weighted by molar-refractivity contribution is 0.475. The first-order valence-electron chi connectivity index (χ1n) is 8.43. The molecule has 4 rings (SSSR count). The van der Waals surface area contributed by atoms with E-state index < -0.39 is 9.84 Å². The van der Waals surface area contributed by atoms with E-state index in [0.29, 0.717) is 17.2 Å². The van der Waals surface area contributed by atoms with Gasteiger partial charge in [-0.15, -0.1) is 0 Å². The van der Waals surface area contributed by atoms with Gasteiger partial charge in [0.05, 0.1) is 9.79 Å². The highest BCUT2D eigenvalue weighted by Crippen LogP contribution is 2.25. The van der Waals surface area contributed by atoms with Gasteiger partial charge in [-0.3, -0.25) is 0 Å². The third-order valence-corrected chi connectivity index (χ3v) is 5.96. The highest BCUT2D eigenvalue weighted by Gasteiger charge is 2.18. The molecular formula is C21H15N3O3S. The Morgan fingerprint density at radius 1 is 0.643 bits per heavy atom. The Morgan fingerprint density at radius 3 is 1.71 bits per heavy atom. The highest BCUT2D eigenvalue weighted by atomic mass is 32.2. The van der Waals surface area contributed by atoms with Gasteiger partial charge in [-0.1, -0.05) is 30.3 Å². The molecule has 3 aromatic carbocycles. The molecule has 0 unspecified atom stereocenters. The first-order chi connectivity index (χ1) is 13.5. The molecule has 1 N–H and O–H groups in total. The zero-order valence-electron chi connectivity index (χ0n) is 14.6. The highest BCUT2D eigenvalue weighted by molar-refractivity contribution is 7.91.